The Morgan fingerprint density at radius 2 is 0.622 bits per heavy atom. The summed E-state index contributed by atoms with van der Waals surface area (Å²) in [6, 6.07) is 0. The van der Waals surface area contributed by atoms with Crippen molar-refractivity contribution in [3.63, 3.8) is 0 Å². The minimum Gasteiger partial charge on any atom is -0.381 e. The minimum absolute atomic E-state index is 0.868. The Morgan fingerprint density at radius 3 is 0.933 bits per heavy atom. The van der Waals surface area contributed by atoms with E-state index in [1.54, 1.807) is 0 Å². The predicted molar refractivity (Wildman–Crippen MR) is 197 cm³/mol. The fourth-order valence-electron chi connectivity index (χ4n) is 9.37. The van der Waals surface area contributed by atoms with E-state index in [0.717, 1.165) is 73.8 Å². The van der Waals surface area contributed by atoms with Crippen LogP contribution in [0.1, 0.15) is 201 Å². The summed E-state index contributed by atoms with van der Waals surface area (Å²) in [7, 11) is 0. The molecule has 0 saturated heterocycles. The van der Waals surface area contributed by atoms with Gasteiger partial charge in [0.1, 0.15) is 0 Å². The molecule has 0 bridgehead atoms. The van der Waals surface area contributed by atoms with Crippen molar-refractivity contribution >= 4 is 0 Å². The Kier molecular flexibility index (Phi) is 21.8. The summed E-state index contributed by atoms with van der Waals surface area (Å²) in [4.78, 5) is 0. The van der Waals surface area contributed by atoms with Gasteiger partial charge < -0.3 is 9.47 Å². The third-order valence-corrected chi connectivity index (χ3v) is 13.2. The first-order valence-corrected chi connectivity index (χ1v) is 21.3. The van der Waals surface area contributed by atoms with Gasteiger partial charge in [-0.3, -0.25) is 0 Å². The van der Waals surface area contributed by atoms with Crippen LogP contribution in [0.5, 0.6) is 0 Å². The summed E-state index contributed by atoms with van der Waals surface area (Å²) < 4.78 is 11.7. The van der Waals surface area contributed by atoms with Gasteiger partial charge in [0, 0.05) is 26.4 Å². The van der Waals surface area contributed by atoms with E-state index >= 15 is 0 Å². The maximum absolute atomic E-state index is 5.89. The Labute approximate surface area is 283 Å². The number of ether oxygens (including phenoxy) is 2. The molecule has 0 spiro atoms. The lowest BCUT2D eigenvalue weighted by Gasteiger charge is -2.31. The molecule has 4 saturated carbocycles. The Bertz CT molecular complexity index is 645. The van der Waals surface area contributed by atoms with Crippen molar-refractivity contribution in [2.24, 2.45) is 47.3 Å². The van der Waals surface area contributed by atoms with Crippen molar-refractivity contribution in [1.29, 1.82) is 0 Å². The molecule has 0 aromatic carbocycles. The standard InChI is InChI=1S/C22H42O.C21H40O/c1-3-5-6-17-23-18-22-15-13-21(14-16-22)12-11-20-9-7-19(4-2)8-10-20;1-3-5-16-22-17-21-14-12-20(13-15-21)11-10-19-8-6-18(4-2)7-9-19/h19-22H,3-18H2,1-2H3;18-21H,3-17H2,1-2H3. The van der Waals surface area contributed by atoms with E-state index in [-0.39, 0.29) is 0 Å². The monoisotopic (exact) mass is 631 g/mol. The molecule has 0 N–H and O–H groups in total. The van der Waals surface area contributed by atoms with Gasteiger partial charge in [0.15, 0.2) is 0 Å². The predicted octanol–water partition coefficient (Wildman–Crippen LogP) is 13.6. The van der Waals surface area contributed by atoms with Crippen LogP contribution in [0.15, 0.2) is 0 Å². The van der Waals surface area contributed by atoms with Gasteiger partial charge in [-0.15, -0.1) is 0 Å². The molecular weight excluding hydrogens is 548 g/mol. The van der Waals surface area contributed by atoms with Crippen LogP contribution in [-0.4, -0.2) is 26.4 Å². The van der Waals surface area contributed by atoms with Gasteiger partial charge in [-0.1, -0.05) is 163 Å². The zero-order valence-electron chi connectivity index (χ0n) is 31.4. The van der Waals surface area contributed by atoms with Gasteiger partial charge in [-0.05, 0) is 85.9 Å². The van der Waals surface area contributed by atoms with Crippen molar-refractivity contribution in [1.82, 2.24) is 0 Å². The Morgan fingerprint density at radius 1 is 0.333 bits per heavy atom. The maximum atomic E-state index is 5.89. The molecule has 0 aromatic rings. The first kappa shape index (κ1) is 39.4. The van der Waals surface area contributed by atoms with E-state index in [0.29, 0.717) is 0 Å². The van der Waals surface area contributed by atoms with Crippen LogP contribution in [0.4, 0.5) is 0 Å². The minimum atomic E-state index is 0.868. The second-order valence-electron chi connectivity index (χ2n) is 16.7. The highest BCUT2D eigenvalue weighted by molar-refractivity contribution is 4.78. The molecule has 4 aliphatic carbocycles. The molecule has 266 valence electrons. The van der Waals surface area contributed by atoms with Crippen LogP contribution in [0, 0.1) is 47.3 Å². The number of hydrogen-bond donors (Lipinski definition) is 0. The van der Waals surface area contributed by atoms with Gasteiger partial charge in [-0.2, -0.15) is 0 Å². The van der Waals surface area contributed by atoms with Crippen molar-refractivity contribution in [3.8, 4) is 0 Å². The molecular formula is C43H82O2. The van der Waals surface area contributed by atoms with E-state index in [1.807, 2.05) is 0 Å². The van der Waals surface area contributed by atoms with Crippen LogP contribution in [-0.2, 0) is 9.47 Å². The molecule has 2 heteroatoms. The molecule has 2 nitrogen and oxygen atoms in total. The molecule has 0 aliphatic heterocycles. The molecule has 4 rings (SSSR count). The van der Waals surface area contributed by atoms with Crippen molar-refractivity contribution in [2.45, 2.75) is 201 Å². The van der Waals surface area contributed by atoms with Gasteiger partial charge >= 0.3 is 0 Å². The molecule has 0 amide bonds. The van der Waals surface area contributed by atoms with E-state index in [4.69, 9.17) is 9.47 Å². The number of unbranched alkanes of at least 4 members (excludes halogenated alkanes) is 3. The quantitative estimate of drug-likeness (QED) is 0.132. The fraction of sp³-hybridized carbons (Fsp3) is 1.00. The summed E-state index contributed by atoms with van der Waals surface area (Å²) in [5, 5.41) is 0. The zero-order chi connectivity index (χ0) is 32.0. The molecule has 45 heavy (non-hydrogen) atoms. The zero-order valence-corrected chi connectivity index (χ0v) is 31.4. The maximum Gasteiger partial charge on any atom is 0.0494 e. The lowest BCUT2D eigenvalue weighted by atomic mass is 9.75. The highest BCUT2D eigenvalue weighted by Gasteiger charge is 2.26. The molecule has 0 heterocycles. The van der Waals surface area contributed by atoms with Crippen LogP contribution < -0.4 is 0 Å². The van der Waals surface area contributed by atoms with Gasteiger partial charge in [-0.25, -0.2) is 0 Å². The van der Waals surface area contributed by atoms with Crippen LogP contribution in [0.2, 0.25) is 0 Å². The third-order valence-electron chi connectivity index (χ3n) is 13.2. The van der Waals surface area contributed by atoms with E-state index in [9.17, 15) is 0 Å². The molecule has 4 fully saturated rings. The second-order valence-corrected chi connectivity index (χ2v) is 16.7. The first-order chi connectivity index (χ1) is 22.1. The topological polar surface area (TPSA) is 18.5 Å². The van der Waals surface area contributed by atoms with Crippen LogP contribution >= 0.6 is 0 Å². The highest BCUT2D eigenvalue weighted by Crippen LogP contribution is 2.38. The van der Waals surface area contributed by atoms with Crippen LogP contribution in [0.25, 0.3) is 0 Å². The SMILES string of the molecule is CCCCCOCC1CCC(CCC2CCC(CC)CC2)CC1.CCCCOCC1CCC(CCC2CCC(CC)CC2)CC1. The smallest absolute Gasteiger partial charge is 0.0494 e. The average Bonchev–Trinajstić information content (AvgIpc) is 3.10. The van der Waals surface area contributed by atoms with Crippen molar-refractivity contribution < 1.29 is 9.47 Å². The summed E-state index contributed by atoms with van der Waals surface area (Å²) in [6.07, 6.45) is 39.1. The molecule has 4 aliphatic rings. The third kappa shape index (κ3) is 17.2. The number of rotatable bonds is 19. The van der Waals surface area contributed by atoms with Crippen molar-refractivity contribution in [2.75, 3.05) is 26.4 Å². The lowest BCUT2D eigenvalue weighted by Crippen LogP contribution is -2.20. The van der Waals surface area contributed by atoms with Crippen LogP contribution in [0.3, 0.4) is 0 Å². The van der Waals surface area contributed by atoms with Gasteiger partial charge in [0.25, 0.3) is 0 Å². The van der Waals surface area contributed by atoms with Crippen molar-refractivity contribution in [3.05, 3.63) is 0 Å². The summed E-state index contributed by atoms with van der Waals surface area (Å²) in [5.41, 5.74) is 0. The molecule has 0 aromatic heterocycles. The summed E-state index contributed by atoms with van der Waals surface area (Å²) >= 11 is 0. The largest absolute Gasteiger partial charge is 0.381 e. The normalized spacial score (nSPS) is 32.5. The molecule has 0 radical (unpaired) electrons. The highest BCUT2D eigenvalue weighted by atomic mass is 16.5. The van der Waals surface area contributed by atoms with E-state index in [2.05, 4.69) is 27.7 Å². The van der Waals surface area contributed by atoms with Gasteiger partial charge in [0.05, 0.1) is 0 Å². The molecule has 0 atom stereocenters. The number of hydrogen-bond acceptors (Lipinski definition) is 2. The first-order valence-electron chi connectivity index (χ1n) is 21.3. The fourth-order valence-corrected chi connectivity index (χ4v) is 9.37. The summed E-state index contributed by atoms with van der Waals surface area (Å²) in [6.45, 7) is 13.3. The second kappa shape index (κ2) is 25.0. The lowest BCUT2D eigenvalue weighted by molar-refractivity contribution is 0.0736. The average molecular weight is 631 g/mol. The Hall–Kier alpha value is -0.0800. The molecule has 0 unspecified atom stereocenters. The summed E-state index contributed by atoms with van der Waals surface area (Å²) in [5.74, 6) is 8.06. The van der Waals surface area contributed by atoms with Gasteiger partial charge in [0.2, 0.25) is 0 Å². The van der Waals surface area contributed by atoms with E-state index in [1.165, 1.54) is 173 Å². The van der Waals surface area contributed by atoms with E-state index < -0.39 is 0 Å². The Balaban J connectivity index is 0.000000246.